The zero-order valence-corrected chi connectivity index (χ0v) is 10.0. The molecular formula is C9H7ClN6O3. The number of nitrogens with one attached hydrogen (secondary N) is 2. The van der Waals surface area contributed by atoms with Gasteiger partial charge in [0, 0.05) is 11.1 Å². The molecule has 4 N–H and O–H groups in total. The normalized spacial score (nSPS) is 10.2. The number of aromatic nitrogens is 3. The van der Waals surface area contributed by atoms with Gasteiger partial charge in [-0.1, -0.05) is 11.6 Å². The van der Waals surface area contributed by atoms with Crippen molar-refractivity contribution in [2.75, 3.05) is 11.1 Å². The summed E-state index contributed by atoms with van der Waals surface area (Å²) in [6.07, 6.45) is 0. The van der Waals surface area contributed by atoms with Crippen LogP contribution in [0.3, 0.4) is 0 Å². The van der Waals surface area contributed by atoms with Crippen LogP contribution >= 0.6 is 11.6 Å². The van der Waals surface area contributed by atoms with Crippen molar-refractivity contribution in [2.24, 2.45) is 0 Å². The second-order valence-electron chi connectivity index (χ2n) is 3.41. The smallest absolute Gasteiger partial charge is 0.293 e. The Morgan fingerprint density at radius 1 is 1.53 bits per heavy atom. The molecular weight excluding hydrogens is 276 g/mol. The minimum absolute atomic E-state index is 0.0440. The Labute approximate surface area is 110 Å². The summed E-state index contributed by atoms with van der Waals surface area (Å²) in [7, 11) is 0. The lowest BCUT2D eigenvalue weighted by molar-refractivity contribution is -0.383. The van der Waals surface area contributed by atoms with Crippen molar-refractivity contribution in [3.05, 3.63) is 39.2 Å². The Morgan fingerprint density at radius 3 is 2.84 bits per heavy atom. The van der Waals surface area contributed by atoms with E-state index in [0.717, 1.165) is 0 Å². The Kier molecular flexibility index (Phi) is 3.29. The summed E-state index contributed by atoms with van der Waals surface area (Å²) in [6.45, 7) is 0. The second kappa shape index (κ2) is 4.90. The standard InChI is InChI=1S/C9H7ClN6O3/c10-4-1-2-6(16(18)19)5(3-4)12-8(17)7-13-9(11)15-14-7/h1-3H,(H,12,17)(H3,11,13,14,15). The summed E-state index contributed by atoms with van der Waals surface area (Å²) < 4.78 is 0. The molecule has 0 bridgehead atoms. The lowest BCUT2D eigenvalue weighted by Crippen LogP contribution is -2.15. The van der Waals surface area contributed by atoms with Crippen molar-refractivity contribution in [3.8, 4) is 0 Å². The van der Waals surface area contributed by atoms with Crippen LogP contribution in [0.15, 0.2) is 18.2 Å². The molecule has 9 nitrogen and oxygen atoms in total. The summed E-state index contributed by atoms with van der Waals surface area (Å²) in [5.74, 6) is -0.980. The van der Waals surface area contributed by atoms with Gasteiger partial charge in [-0.05, 0) is 12.1 Å². The molecule has 0 saturated carbocycles. The maximum atomic E-state index is 11.7. The number of nitrogens with zero attached hydrogens (tertiary/aromatic N) is 3. The van der Waals surface area contributed by atoms with Crippen molar-refractivity contribution < 1.29 is 9.72 Å². The van der Waals surface area contributed by atoms with Gasteiger partial charge in [0.15, 0.2) is 0 Å². The number of H-pyrrole nitrogens is 1. The number of halogens is 1. The fourth-order valence-corrected chi connectivity index (χ4v) is 1.50. The minimum atomic E-state index is -0.713. The number of anilines is 2. The summed E-state index contributed by atoms with van der Waals surface area (Å²) in [5, 5.41) is 19.1. The third-order valence-electron chi connectivity index (χ3n) is 2.12. The largest absolute Gasteiger partial charge is 0.366 e. The van der Waals surface area contributed by atoms with E-state index in [0.29, 0.717) is 0 Å². The van der Waals surface area contributed by atoms with E-state index in [1.807, 2.05) is 0 Å². The summed E-state index contributed by atoms with van der Waals surface area (Å²) in [5.41, 5.74) is 4.92. The number of nitrogens with two attached hydrogens (primary N) is 1. The molecule has 0 aliphatic rings. The number of benzene rings is 1. The molecule has 0 aliphatic heterocycles. The van der Waals surface area contributed by atoms with Crippen molar-refractivity contribution >= 4 is 34.8 Å². The number of rotatable bonds is 3. The Hall–Kier alpha value is -2.68. The maximum absolute atomic E-state index is 11.7. The molecule has 98 valence electrons. The van der Waals surface area contributed by atoms with E-state index in [2.05, 4.69) is 20.5 Å². The van der Waals surface area contributed by atoms with Gasteiger partial charge in [0.05, 0.1) is 4.92 Å². The minimum Gasteiger partial charge on any atom is -0.366 e. The van der Waals surface area contributed by atoms with E-state index in [9.17, 15) is 14.9 Å². The molecule has 1 aromatic heterocycles. The molecule has 2 rings (SSSR count). The highest BCUT2D eigenvalue weighted by Gasteiger charge is 2.18. The highest BCUT2D eigenvalue weighted by atomic mass is 35.5. The SMILES string of the molecule is Nc1n[nH]c(C(=O)Nc2cc(Cl)ccc2[N+](=O)[O-])n1. The van der Waals surface area contributed by atoms with Crippen LogP contribution in [0.5, 0.6) is 0 Å². The topological polar surface area (TPSA) is 140 Å². The van der Waals surface area contributed by atoms with Crippen molar-refractivity contribution in [1.82, 2.24) is 15.2 Å². The van der Waals surface area contributed by atoms with Crippen LogP contribution in [0.25, 0.3) is 0 Å². The molecule has 0 unspecified atom stereocenters. The van der Waals surface area contributed by atoms with Crippen LogP contribution in [0.1, 0.15) is 10.6 Å². The third kappa shape index (κ3) is 2.77. The lowest BCUT2D eigenvalue weighted by Gasteiger charge is -2.04. The van der Waals surface area contributed by atoms with Gasteiger partial charge in [-0.3, -0.25) is 20.0 Å². The zero-order chi connectivity index (χ0) is 14.0. The van der Waals surface area contributed by atoms with Crippen molar-refractivity contribution in [2.45, 2.75) is 0 Å². The number of nitro benzene ring substituents is 1. The molecule has 10 heteroatoms. The van der Waals surface area contributed by atoms with Gasteiger partial charge in [0.25, 0.3) is 11.6 Å². The number of amides is 1. The highest BCUT2D eigenvalue weighted by molar-refractivity contribution is 6.31. The zero-order valence-electron chi connectivity index (χ0n) is 9.25. The average molecular weight is 283 g/mol. The predicted octanol–water partition coefficient (Wildman–Crippen LogP) is 1.20. The van der Waals surface area contributed by atoms with E-state index in [-0.39, 0.29) is 28.2 Å². The van der Waals surface area contributed by atoms with Crippen molar-refractivity contribution in [3.63, 3.8) is 0 Å². The van der Waals surface area contributed by atoms with Gasteiger partial charge >= 0.3 is 0 Å². The first-order chi connectivity index (χ1) is 8.97. The monoisotopic (exact) mass is 282 g/mol. The fraction of sp³-hybridized carbons (Fsp3) is 0. The summed E-state index contributed by atoms with van der Waals surface area (Å²) >= 11 is 5.73. The molecule has 0 atom stereocenters. The Bertz CT molecular complexity index is 655. The molecule has 2 aromatic rings. The van der Waals surface area contributed by atoms with Gasteiger partial charge in [0.1, 0.15) is 5.69 Å². The lowest BCUT2D eigenvalue weighted by atomic mass is 10.2. The summed E-state index contributed by atoms with van der Waals surface area (Å²) in [6, 6.07) is 3.80. The van der Waals surface area contributed by atoms with Gasteiger partial charge < -0.3 is 11.1 Å². The van der Waals surface area contributed by atoms with E-state index in [1.54, 1.807) is 0 Å². The quantitative estimate of drug-likeness (QED) is 0.571. The molecule has 1 aromatic carbocycles. The molecule has 0 radical (unpaired) electrons. The number of aromatic amines is 1. The van der Waals surface area contributed by atoms with Crippen molar-refractivity contribution in [1.29, 1.82) is 0 Å². The first-order valence-corrected chi connectivity index (χ1v) is 5.28. The first kappa shape index (κ1) is 12.8. The van der Waals surface area contributed by atoms with E-state index >= 15 is 0 Å². The molecule has 1 heterocycles. The number of hydrogen-bond donors (Lipinski definition) is 3. The summed E-state index contributed by atoms with van der Waals surface area (Å²) in [4.78, 5) is 25.5. The van der Waals surface area contributed by atoms with Gasteiger partial charge in [-0.15, -0.1) is 5.10 Å². The Balaban J connectivity index is 2.30. The highest BCUT2D eigenvalue weighted by Crippen LogP contribution is 2.27. The average Bonchev–Trinajstić information content (AvgIpc) is 2.75. The third-order valence-corrected chi connectivity index (χ3v) is 2.36. The molecule has 0 aliphatic carbocycles. The second-order valence-corrected chi connectivity index (χ2v) is 3.85. The molecule has 0 fully saturated rings. The van der Waals surface area contributed by atoms with Gasteiger partial charge in [-0.25, -0.2) is 0 Å². The predicted molar refractivity (Wildman–Crippen MR) is 66.9 cm³/mol. The van der Waals surface area contributed by atoms with E-state index < -0.39 is 10.8 Å². The molecule has 0 spiro atoms. The van der Waals surface area contributed by atoms with Crippen LogP contribution in [0.4, 0.5) is 17.3 Å². The molecule has 0 saturated heterocycles. The number of hydrogen-bond acceptors (Lipinski definition) is 6. The van der Waals surface area contributed by atoms with Crippen LogP contribution in [-0.2, 0) is 0 Å². The number of nitro groups is 1. The molecule has 19 heavy (non-hydrogen) atoms. The van der Waals surface area contributed by atoms with E-state index in [1.165, 1.54) is 18.2 Å². The number of carbonyl (C=O) groups is 1. The Morgan fingerprint density at radius 2 is 2.26 bits per heavy atom. The van der Waals surface area contributed by atoms with Crippen LogP contribution in [0, 0.1) is 10.1 Å². The van der Waals surface area contributed by atoms with Crippen LogP contribution < -0.4 is 11.1 Å². The fourth-order valence-electron chi connectivity index (χ4n) is 1.33. The van der Waals surface area contributed by atoms with Crippen LogP contribution in [-0.4, -0.2) is 26.0 Å². The number of carbonyl (C=O) groups excluding carboxylic acids is 1. The van der Waals surface area contributed by atoms with Gasteiger partial charge in [-0.2, -0.15) is 4.98 Å². The number of nitrogen functional groups attached to an aromatic ring is 1. The van der Waals surface area contributed by atoms with E-state index in [4.69, 9.17) is 17.3 Å². The maximum Gasteiger partial charge on any atom is 0.293 e. The molecule has 1 amide bonds. The van der Waals surface area contributed by atoms with Gasteiger partial charge in [0.2, 0.25) is 11.8 Å². The van der Waals surface area contributed by atoms with Crippen LogP contribution in [0.2, 0.25) is 5.02 Å². The first-order valence-electron chi connectivity index (χ1n) is 4.90.